The van der Waals surface area contributed by atoms with Crippen molar-refractivity contribution in [2.75, 3.05) is 32.9 Å². The van der Waals surface area contributed by atoms with E-state index in [9.17, 15) is 0 Å². The average molecular weight is 490 g/mol. The lowest BCUT2D eigenvalue weighted by Crippen LogP contribution is -2.40. The molecule has 3 aromatic carbocycles. The van der Waals surface area contributed by atoms with E-state index < -0.39 is 0 Å². The smallest absolute Gasteiger partial charge is 0.119 e. The molecule has 4 rings (SSSR count). The van der Waals surface area contributed by atoms with Crippen molar-refractivity contribution >= 4 is 0 Å². The summed E-state index contributed by atoms with van der Waals surface area (Å²) >= 11 is 0. The number of ether oxygens (including phenoxy) is 4. The number of benzene rings is 3. The molecule has 2 unspecified atom stereocenters. The van der Waals surface area contributed by atoms with E-state index in [1.54, 1.807) is 0 Å². The summed E-state index contributed by atoms with van der Waals surface area (Å²) in [5.74, 6) is 1.28. The lowest BCUT2D eigenvalue weighted by molar-refractivity contribution is 0.0105. The Kier molecular flexibility index (Phi) is 10.8. The van der Waals surface area contributed by atoms with Crippen LogP contribution in [0.15, 0.2) is 78.9 Å². The summed E-state index contributed by atoms with van der Waals surface area (Å²) < 4.78 is 23.6. The number of nitrogens with one attached hydrogen (secondary N) is 1. The highest BCUT2D eigenvalue weighted by Crippen LogP contribution is 2.30. The summed E-state index contributed by atoms with van der Waals surface area (Å²) in [6.07, 6.45) is 2.07. The maximum atomic E-state index is 6.41. The molecule has 1 N–H and O–H groups in total. The zero-order valence-electron chi connectivity index (χ0n) is 21.4. The fraction of sp³-hybridized carbons (Fsp3) is 0.419. The Morgan fingerprint density at radius 1 is 0.778 bits per heavy atom. The van der Waals surface area contributed by atoms with Gasteiger partial charge in [0.05, 0.1) is 39.1 Å². The van der Waals surface area contributed by atoms with Gasteiger partial charge < -0.3 is 24.3 Å². The van der Waals surface area contributed by atoms with Crippen molar-refractivity contribution in [3.8, 4) is 5.75 Å². The Labute approximate surface area is 215 Å². The minimum Gasteiger partial charge on any atom is -0.494 e. The van der Waals surface area contributed by atoms with Crippen LogP contribution in [-0.4, -0.2) is 39.0 Å². The predicted molar refractivity (Wildman–Crippen MR) is 143 cm³/mol. The molecule has 0 radical (unpaired) electrons. The standard InChI is InChI=1S/C31H39NO4/c1-2-33-23-26-10-6-11-27(20-26)24-36-31-21-32-17-16-30(31)28-12-14-29(15-13-28)35-19-7-18-34-22-25-8-4-3-5-9-25/h3-6,8-15,20,30-32H,2,7,16-19,21-24H2,1H3. The quantitative estimate of drug-likeness (QED) is 0.287. The van der Waals surface area contributed by atoms with Gasteiger partial charge in [-0.2, -0.15) is 0 Å². The molecule has 5 nitrogen and oxygen atoms in total. The van der Waals surface area contributed by atoms with Crippen molar-refractivity contribution < 1.29 is 18.9 Å². The summed E-state index contributed by atoms with van der Waals surface area (Å²) in [5, 5.41) is 3.50. The summed E-state index contributed by atoms with van der Waals surface area (Å²) in [6.45, 7) is 7.86. The molecular formula is C31H39NO4. The number of rotatable bonds is 14. The van der Waals surface area contributed by atoms with E-state index in [2.05, 4.69) is 66.0 Å². The maximum Gasteiger partial charge on any atom is 0.119 e. The van der Waals surface area contributed by atoms with Crippen LogP contribution in [0.1, 0.15) is 47.9 Å². The van der Waals surface area contributed by atoms with Crippen LogP contribution in [0.5, 0.6) is 5.75 Å². The minimum atomic E-state index is 0.142. The van der Waals surface area contributed by atoms with Crippen molar-refractivity contribution in [1.29, 1.82) is 0 Å². The van der Waals surface area contributed by atoms with Crippen LogP contribution in [0.4, 0.5) is 0 Å². The van der Waals surface area contributed by atoms with E-state index in [0.717, 1.165) is 38.3 Å². The van der Waals surface area contributed by atoms with Crippen LogP contribution in [-0.2, 0) is 34.0 Å². The Morgan fingerprint density at radius 3 is 2.33 bits per heavy atom. The van der Waals surface area contributed by atoms with Gasteiger partial charge >= 0.3 is 0 Å². The van der Waals surface area contributed by atoms with Crippen LogP contribution < -0.4 is 10.1 Å². The van der Waals surface area contributed by atoms with Gasteiger partial charge in [-0.1, -0.05) is 66.7 Å². The topological polar surface area (TPSA) is 49.0 Å². The van der Waals surface area contributed by atoms with Gasteiger partial charge in [-0.25, -0.2) is 0 Å². The van der Waals surface area contributed by atoms with E-state index in [1.165, 1.54) is 22.3 Å². The summed E-state index contributed by atoms with van der Waals surface area (Å²) in [6, 6.07) is 27.3. The maximum absolute atomic E-state index is 6.41. The second-order valence-corrected chi connectivity index (χ2v) is 9.22. The second kappa shape index (κ2) is 14.8. The van der Waals surface area contributed by atoms with Gasteiger partial charge in [0, 0.05) is 25.5 Å². The number of hydrogen-bond acceptors (Lipinski definition) is 5. The van der Waals surface area contributed by atoms with Gasteiger partial charge in [0.15, 0.2) is 0 Å². The first-order chi connectivity index (χ1) is 17.8. The van der Waals surface area contributed by atoms with Crippen molar-refractivity contribution in [2.45, 2.75) is 51.6 Å². The van der Waals surface area contributed by atoms with Gasteiger partial charge in [0.2, 0.25) is 0 Å². The van der Waals surface area contributed by atoms with Crippen molar-refractivity contribution in [1.82, 2.24) is 5.32 Å². The molecule has 192 valence electrons. The molecule has 0 aromatic heterocycles. The molecule has 1 fully saturated rings. The third-order valence-electron chi connectivity index (χ3n) is 6.48. The van der Waals surface area contributed by atoms with E-state index >= 15 is 0 Å². The van der Waals surface area contributed by atoms with Crippen LogP contribution in [0.3, 0.4) is 0 Å². The van der Waals surface area contributed by atoms with Gasteiger partial charge in [0.1, 0.15) is 5.75 Å². The van der Waals surface area contributed by atoms with Crippen molar-refractivity contribution in [2.24, 2.45) is 0 Å². The molecule has 1 saturated heterocycles. The first-order valence-corrected chi connectivity index (χ1v) is 13.1. The largest absolute Gasteiger partial charge is 0.494 e. The molecule has 2 atom stereocenters. The highest BCUT2D eigenvalue weighted by molar-refractivity contribution is 5.30. The van der Waals surface area contributed by atoms with Gasteiger partial charge in [0.25, 0.3) is 0 Å². The SMILES string of the molecule is CCOCc1cccc(COC2CNCCC2c2ccc(OCCCOCc3ccccc3)cc2)c1. The highest BCUT2D eigenvalue weighted by atomic mass is 16.5. The van der Waals surface area contributed by atoms with Crippen LogP contribution in [0.2, 0.25) is 0 Å². The highest BCUT2D eigenvalue weighted by Gasteiger charge is 2.27. The van der Waals surface area contributed by atoms with Crippen molar-refractivity contribution in [3.63, 3.8) is 0 Å². The first kappa shape index (κ1) is 26.4. The number of hydrogen-bond donors (Lipinski definition) is 1. The summed E-state index contributed by atoms with van der Waals surface area (Å²) in [4.78, 5) is 0. The van der Waals surface area contributed by atoms with Crippen LogP contribution in [0, 0.1) is 0 Å². The number of piperidine rings is 1. The molecule has 0 saturated carbocycles. The Balaban J connectivity index is 1.21. The molecule has 36 heavy (non-hydrogen) atoms. The first-order valence-electron chi connectivity index (χ1n) is 13.1. The molecular weight excluding hydrogens is 450 g/mol. The molecule has 0 spiro atoms. The third-order valence-corrected chi connectivity index (χ3v) is 6.48. The molecule has 0 bridgehead atoms. The fourth-order valence-electron chi connectivity index (χ4n) is 4.55. The van der Waals surface area contributed by atoms with E-state index in [1.807, 2.05) is 25.1 Å². The zero-order chi connectivity index (χ0) is 24.8. The van der Waals surface area contributed by atoms with Crippen LogP contribution in [0.25, 0.3) is 0 Å². The van der Waals surface area contributed by atoms with E-state index in [0.29, 0.717) is 39.0 Å². The lowest BCUT2D eigenvalue weighted by atomic mass is 9.87. The van der Waals surface area contributed by atoms with Crippen LogP contribution >= 0.6 is 0 Å². The Hall–Kier alpha value is -2.70. The molecule has 3 aromatic rings. The molecule has 1 heterocycles. The monoisotopic (exact) mass is 489 g/mol. The molecule has 0 amide bonds. The van der Waals surface area contributed by atoms with Crippen molar-refractivity contribution in [3.05, 3.63) is 101 Å². The van der Waals surface area contributed by atoms with E-state index in [4.69, 9.17) is 18.9 Å². The Bertz CT molecular complexity index is 1010. The van der Waals surface area contributed by atoms with Gasteiger partial charge in [-0.3, -0.25) is 0 Å². The van der Waals surface area contributed by atoms with Gasteiger partial charge in [-0.15, -0.1) is 0 Å². The minimum absolute atomic E-state index is 0.142. The fourth-order valence-corrected chi connectivity index (χ4v) is 4.55. The molecule has 5 heteroatoms. The molecule has 1 aliphatic rings. The summed E-state index contributed by atoms with van der Waals surface area (Å²) in [7, 11) is 0. The van der Waals surface area contributed by atoms with Gasteiger partial charge in [-0.05, 0) is 54.3 Å². The zero-order valence-corrected chi connectivity index (χ0v) is 21.4. The second-order valence-electron chi connectivity index (χ2n) is 9.22. The average Bonchev–Trinajstić information content (AvgIpc) is 2.94. The van der Waals surface area contributed by atoms with E-state index in [-0.39, 0.29) is 6.10 Å². The summed E-state index contributed by atoms with van der Waals surface area (Å²) in [5.41, 5.74) is 4.89. The molecule has 0 aliphatic carbocycles. The predicted octanol–water partition coefficient (Wildman–Crippen LogP) is 5.87. The lowest BCUT2D eigenvalue weighted by Gasteiger charge is -2.32. The molecule has 1 aliphatic heterocycles. The normalized spacial score (nSPS) is 17.7. The third kappa shape index (κ3) is 8.45. The Morgan fingerprint density at radius 2 is 1.53 bits per heavy atom.